The number of benzene rings is 2. The van der Waals surface area contributed by atoms with Gasteiger partial charge in [-0.25, -0.2) is 9.67 Å². The third-order valence-electron chi connectivity index (χ3n) is 10.2. The molecule has 5 N–H and O–H groups in total. The van der Waals surface area contributed by atoms with Crippen molar-refractivity contribution < 1.29 is 23.9 Å². The van der Waals surface area contributed by atoms with E-state index in [1.165, 1.54) is 6.20 Å². The Morgan fingerprint density at radius 2 is 1.37 bits per heavy atom. The third-order valence-corrected chi connectivity index (χ3v) is 11.9. The van der Waals surface area contributed by atoms with E-state index in [4.69, 9.17) is 16.2 Å². The number of nitrogens with zero attached hydrogens (tertiary/aromatic N) is 5. The van der Waals surface area contributed by atoms with E-state index in [0.717, 1.165) is 42.9 Å². The van der Waals surface area contributed by atoms with Crippen LogP contribution in [-0.2, 0) is 30.6 Å². The van der Waals surface area contributed by atoms with E-state index in [2.05, 4.69) is 48.9 Å². The summed E-state index contributed by atoms with van der Waals surface area (Å²) in [5.74, 6) is -1.38. The first kappa shape index (κ1) is 40.1. The second-order valence-electron chi connectivity index (χ2n) is 15.7. The van der Waals surface area contributed by atoms with Gasteiger partial charge in [-0.3, -0.25) is 19.2 Å². The van der Waals surface area contributed by atoms with Crippen molar-refractivity contribution in [1.29, 1.82) is 0 Å². The van der Waals surface area contributed by atoms with Gasteiger partial charge in [0.1, 0.15) is 12.5 Å². The van der Waals surface area contributed by atoms with Gasteiger partial charge in [-0.05, 0) is 54.7 Å². The molecule has 0 saturated carbocycles. The Hall–Kier alpha value is -5.08. The number of nitrogens with two attached hydrogens (primary N) is 2. The van der Waals surface area contributed by atoms with E-state index in [9.17, 15) is 19.2 Å². The zero-order chi connectivity index (χ0) is 39.0. The van der Waals surface area contributed by atoms with Crippen LogP contribution in [0.25, 0.3) is 10.9 Å². The molecule has 2 aliphatic rings. The van der Waals surface area contributed by atoms with Crippen LogP contribution in [0.4, 0.5) is 11.5 Å². The predicted octanol–water partition coefficient (Wildman–Crippen LogP) is 5.74. The maximum atomic E-state index is 13.3. The maximum absolute atomic E-state index is 13.3. The zero-order valence-corrected chi connectivity index (χ0v) is 33.0. The first-order chi connectivity index (χ1) is 25.7. The molecule has 54 heavy (non-hydrogen) atoms. The summed E-state index contributed by atoms with van der Waals surface area (Å²) in [6.45, 7) is 13.2. The average Bonchev–Trinajstić information content (AvgIpc) is 3.59. The molecule has 2 aromatic carbocycles. The number of rotatable bonds is 8. The van der Waals surface area contributed by atoms with Crippen molar-refractivity contribution in [2.75, 3.05) is 30.7 Å². The number of nitrogens with one attached hydrogen (secondary N) is 1. The summed E-state index contributed by atoms with van der Waals surface area (Å²) in [4.78, 5) is 57.0. The van der Waals surface area contributed by atoms with Gasteiger partial charge >= 0.3 is 23.6 Å². The van der Waals surface area contributed by atoms with Gasteiger partial charge < -0.3 is 31.3 Å². The Bertz CT molecular complexity index is 1920. The number of piperidine rings is 2. The lowest BCUT2D eigenvalue weighted by Gasteiger charge is -2.38. The van der Waals surface area contributed by atoms with E-state index in [1.54, 1.807) is 20.7 Å². The molecular weight excluding hydrogens is 701 g/mol. The molecule has 2 aromatic heterocycles. The maximum Gasteiger partial charge on any atom is 0.314 e. The van der Waals surface area contributed by atoms with Crippen LogP contribution in [0.5, 0.6) is 0 Å². The minimum absolute atomic E-state index is 0.0325. The molecule has 13 nitrogen and oxygen atoms in total. The first-order valence-electron chi connectivity index (χ1n) is 18.7. The summed E-state index contributed by atoms with van der Waals surface area (Å²) >= 11 is 0. The SMILES string of the molecule is C[C@H]1CCN(C(=O)C(=O)Nc2cnc(N)c3cnn(COCC[Si](C)(C)C)c23)[C@@H](c2ccccc2)C1.C[C@H]1CCN(C(=O)C(N)=O)[C@@H](c2ccccc2)C1. The fourth-order valence-electron chi connectivity index (χ4n) is 7.04. The molecule has 0 spiro atoms. The standard InChI is InChI=1S/C26H36N6O3Si.C14H18N2O2/c1-18-10-11-31(22(14-18)19-8-6-5-7-9-19)26(34)25(33)30-21-16-28-24(27)20-15-29-32(23(20)21)17-35-12-13-36(2,3)4;1-10-7-8-16(14(18)13(15)17)12(9-10)11-5-3-2-4-6-11/h5-9,15-16,18,22H,10-14,17H2,1-4H3,(H2,27,28)(H,30,33);2-6,10,12H,7-9H2,1H3,(H2,15,17)/t18-,22+;10-,12+/m00/s1. The Kier molecular flexibility index (Phi) is 13.2. The number of amides is 4. The van der Waals surface area contributed by atoms with Gasteiger partial charge in [-0.15, -0.1) is 0 Å². The minimum atomic E-state index is -1.22. The number of carbonyl (C=O) groups is 4. The molecule has 4 heterocycles. The lowest BCUT2D eigenvalue weighted by Crippen LogP contribution is -2.46. The number of anilines is 2. The highest BCUT2D eigenvalue weighted by molar-refractivity contribution is 6.76. The van der Waals surface area contributed by atoms with Crippen LogP contribution in [0.2, 0.25) is 25.7 Å². The summed E-state index contributed by atoms with van der Waals surface area (Å²) in [5, 5.41) is 7.77. The van der Waals surface area contributed by atoms with Crippen molar-refractivity contribution in [2.45, 2.75) is 84.0 Å². The third kappa shape index (κ3) is 10.1. The van der Waals surface area contributed by atoms with Crippen LogP contribution in [0, 0.1) is 11.8 Å². The highest BCUT2D eigenvalue weighted by Gasteiger charge is 2.35. The highest BCUT2D eigenvalue weighted by atomic mass is 28.3. The molecule has 2 fully saturated rings. The quantitative estimate of drug-likeness (QED) is 0.116. The average molecular weight is 755 g/mol. The number of carbonyl (C=O) groups excluding carboxylic acids is 4. The van der Waals surface area contributed by atoms with E-state index in [-0.39, 0.29) is 18.8 Å². The smallest absolute Gasteiger partial charge is 0.314 e. The van der Waals surface area contributed by atoms with E-state index in [1.807, 2.05) is 60.7 Å². The first-order valence-corrected chi connectivity index (χ1v) is 22.4. The molecule has 288 valence electrons. The van der Waals surface area contributed by atoms with Crippen molar-refractivity contribution in [1.82, 2.24) is 24.6 Å². The largest absolute Gasteiger partial charge is 0.383 e. The van der Waals surface area contributed by atoms with Crippen LogP contribution in [0.3, 0.4) is 0 Å². The predicted molar refractivity (Wildman–Crippen MR) is 212 cm³/mol. The van der Waals surface area contributed by atoms with Gasteiger partial charge in [0.15, 0.2) is 0 Å². The Balaban J connectivity index is 0.000000260. The van der Waals surface area contributed by atoms with E-state index < -0.39 is 31.7 Å². The van der Waals surface area contributed by atoms with Crippen LogP contribution in [-0.4, -0.2) is 76.0 Å². The van der Waals surface area contributed by atoms with Crippen LogP contribution in [0.1, 0.15) is 62.7 Å². The van der Waals surface area contributed by atoms with Crippen LogP contribution in [0.15, 0.2) is 73.1 Å². The van der Waals surface area contributed by atoms with Crippen molar-refractivity contribution in [3.8, 4) is 0 Å². The molecule has 0 unspecified atom stereocenters. The number of nitrogen functional groups attached to an aromatic ring is 1. The molecule has 2 aliphatic heterocycles. The molecule has 2 saturated heterocycles. The normalized spacial score (nSPS) is 20.2. The van der Waals surface area contributed by atoms with Crippen molar-refractivity contribution in [3.63, 3.8) is 0 Å². The van der Waals surface area contributed by atoms with E-state index in [0.29, 0.717) is 53.9 Å². The van der Waals surface area contributed by atoms with Gasteiger partial charge in [0, 0.05) is 27.8 Å². The lowest BCUT2D eigenvalue weighted by molar-refractivity contribution is -0.147. The monoisotopic (exact) mass is 754 g/mol. The van der Waals surface area contributed by atoms with Gasteiger partial charge in [0.25, 0.3) is 0 Å². The number of aromatic nitrogens is 3. The van der Waals surface area contributed by atoms with Crippen molar-refractivity contribution >= 4 is 54.1 Å². The second kappa shape index (κ2) is 17.8. The van der Waals surface area contributed by atoms with Gasteiger partial charge in [0.2, 0.25) is 0 Å². The fourth-order valence-corrected chi connectivity index (χ4v) is 7.80. The number of pyridine rings is 1. The van der Waals surface area contributed by atoms with Crippen molar-refractivity contribution in [2.24, 2.45) is 17.6 Å². The molecule has 4 atom stereocenters. The molecular formula is C40H54N8O5Si. The molecule has 6 rings (SSSR count). The number of hydrogen-bond donors (Lipinski definition) is 3. The van der Waals surface area contributed by atoms with Gasteiger partial charge in [-0.2, -0.15) is 5.10 Å². The van der Waals surface area contributed by atoms with Crippen molar-refractivity contribution in [3.05, 3.63) is 84.2 Å². The van der Waals surface area contributed by atoms with Crippen LogP contribution >= 0.6 is 0 Å². The lowest BCUT2D eigenvalue weighted by atomic mass is 9.88. The highest BCUT2D eigenvalue weighted by Crippen LogP contribution is 2.35. The van der Waals surface area contributed by atoms with Crippen LogP contribution < -0.4 is 16.8 Å². The Labute approximate surface area is 318 Å². The number of hydrogen-bond acceptors (Lipinski definition) is 8. The summed E-state index contributed by atoms with van der Waals surface area (Å²) in [6.07, 6.45) is 6.55. The Morgan fingerprint density at radius 1 is 0.833 bits per heavy atom. The molecule has 0 radical (unpaired) electrons. The summed E-state index contributed by atoms with van der Waals surface area (Å²) in [5.41, 5.74) is 14.2. The topological polar surface area (TPSA) is 179 Å². The Morgan fingerprint density at radius 3 is 1.89 bits per heavy atom. The molecule has 4 amide bonds. The summed E-state index contributed by atoms with van der Waals surface area (Å²) in [6, 6.07) is 20.6. The fraction of sp³-hybridized carbons (Fsp3) is 0.450. The number of ether oxygens (including phenoxy) is 1. The molecule has 0 aliphatic carbocycles. The summed E-state index contributed by atoms with van der Waals surface area (Å²) in [7, 11) is -1.22. The van der Waals surface area contributed by atoms with Gasteiger partial charge in [-0.1, -0.05) is 94.2 Å². The number of likely N-dealkylation sites (tertiary alicyclic amines) is 2. The molecule has 14 heteroatoms. The number of fused-ring (bicyclic) bond motifs is 1. The molecule has 0 bridgehead atoms. The zero-order valence-electron chi connectivity index (χ0n) is 32.0. The second-order valence-corrected chi connectivity index (χ2v) is 21.4. The minimum Gasteiger partial charge on any atom is -0.383 e. The number of primary amides is 1. The molecule has 4 aromatic rings. The summed E-state index contributed by atoms with van der Waals surface area (Å²) < 4.78 is 7.51. The van der Waals surface area contributed by atoms with Gasteiger partial charge in [0.05, 0.1) is 41.1 Å². The van der Waals surface area contributed by atoms with E-state index >= 15 is 0 Å².